The van der Waals surface area contributed by atoms with Crippen LogP contribution in [0.1, 0.15) is 25.7 Å². The summed E-state index contributed by atoms with van der Waals surface area (Å²) < 4.78 is 11.5. The fraction of sp³-hybridized carbons (Fsp3) is 0.333. The van der Waals surface area contributed by atoms with E-state index in [1.165, 1.54) is 18.9 Å². The molecular formula is C18H19NO4. The zero-order valence-corrected chi connectivity index (χ0v) is 13.0. The minimum absolute atomic E-state index is 0.0802. The van der Waals surface area contributed by atoms with Gasteiger partial charge in [-0.1, -0.05) is 18.2 Å². The van der Waals surface area contributed by atoms with Crippen LogP contribution in [0.15, 0.2) is 42.5 Å². The normalized spacial score (nSPS) is 14.7. The zero-order chi connectivity index (χ0) is 16.2. The third kappa shape index (κ3) is 3.44. The molecule has 5 nitrogen and oxygen atoms in total. The lowest BCUT2D eigenvalue weighted by Crippen LogP contribution is -2.11. The average Bonchev–Trinajstić information content (AvgIpc) is 3.08. The van der Waals surface area contributed by atoms with Crippen LogP contribution in [0.25, 0.3) is 11.1 Å². The number of hydrogen-bond acceptors (Lipinski definition) is 4. The van der Waals surface area contributed by atoms with Crippen LogP contribution >= 0.6 is 0 Å². The predicted molar refractivity (Wildman–Crippen MR) is 88.0 cm³/mol. The molecule has 5 heteroatoms. The molecule has 0 unspecified atom stereocenters. The monoisotopic (exact) mass is 313 g/mol. The second kappa shape index (κ2) is 6.69. The van der Waals surface area contributed by atoms with Crippen LogP contribution in [0.3, 0.4) is 0 Å². The smallest absolute Gasteiger partial charge is 0.270 e. The highest BCUT2D eigenvalue weighted by Crippen LogP contribution is 2.36. The summed E-state index contributed by atoms with van der Waals surface area (Å²) in [6.07, 6.45) is 4.73. The summed E-state index contributed by atoms with van der Waals surface area (Å²) >= 11 is 0. The molecule has 0 aliphatic heterocycles. The fourth-order valence-electron chi connectivity index (χ4n) is 2.93. The van der Waals surface area contributed by atoms with E-state index in [9.17, 15) is 10.1 Å². The molecule has 23 heavy (non-hydrogen) atoms. The second-order valence-corrected chi connectivity index (χ2v) is 5.70. The summed E-state index contributed by atoms with van der Waals surface area (Å²) in [4.78, 5) is 10.6. The van der Waals surface area contributed by atoms with Gasteiger partial charge in [-0.25, -0.2) is 0 Å². The molecule has 3 rings (SSSR count). The van der Waals surface area contributed by atoms with E-state index < -0.39 is 0 Å². The zero-order valence-electron chi connectivity index (χ0n) is 13.0. The Kier molecular flexibility index (Phi) is 4.46. The highest BCUT2D eigenvalue weighted by atomic mass is 16.6. The van der Waals surface area contributed by atoms with Crippen molar-refractivity contribution in [2.45, 2.75) is 31.8 Å². The van der Waals surface area contributed by atoms with Gasteiger partial charge in [-0.05, 0) is 48.9 Å². The minimum atomic E-state index is -0.386. The lowest BCUT2D eigenvalue weighted by Gasteiger charge is -2.17. The first-order valence-corrected chi connectivity index (χ1v) is 7.77. The lowest BCUT2D eigenvalue weighted by atomic mass is 10.0. The highest BCUT2D eigenvalue weighted by molar-refractivity contribution is 5.69. The fourth-order valence-corrected chi connectivity index (χ4v) is 2.93. The van der Waals surface area contributed by atoms with Crippen LogP contribution in [-0.4, -0.2) is 18.1 Å². The number of non-ortho nitro benzene ring substituents is 1. The van der Waals surface area contributed by atoms with E-state index in [2.05, 4.69) is 0 Å². The Morgan fingerprint density at radius 2 is 1.78 bits per heavy atom. The number of ether oxygens (including phenoxy) is 2. The number of methoxy groups -OCH3 is 1. The predicted octanol–water partition coefficient (Wildman–Crippen LogP) is 4.59. The maximum atomic E-state index is 10.9. The van der Waals surface area contributed by atoms with Gasteiger partial charge in [0.15, 0.2) is 11.5 Å². The van der Waals surface area contributed by atoms with Crippen molar-refractivity contribution in [2.24, 2.45) is 0 Å². The summed E-state index contributed by atoms with van der Waals surface area (Å²) in [7, 11) is 1.61. The minimum Gasteiger partial charge on any atom is -0.493 e. The third-order valence-corrected chi connectivity index (χ3v) is 4.15. The molecule has 0 amide bonds. The van der Waals surface area contributed by atoms with Gasteiger partial charge >= 0.3 is 0 Å². The third-order valence-electron chi connectivity index (χ3n) is 4.15. The Bertz CT molecular complexity index is 708. The van der Waals surface area contributed by atoms with Gasteiger partial charge in [0.1, 0.15) is 0 Å². The Labute approximate surface area is 135 Å². The summed E-state index contributed by atoms with van der Waals surface area (Å²) in [5, 5.41) is 10.9. The summed E-state index contributed by atoms with van der Waals surface area (Å²) in [5.41, 5.74) is 1.75. The van der Waals surface area contributed by atoms with Gasteiger partial charge in [-0.15, -0.1) is 0 Å². The highest BCUT2D eigenvalue weighted by Gasteiger charge is 2.19. The van der Waals surface area contributed by atoms with Gasteiger partial charge < -0.3 is 9.47 Å². The molecule has 0 spiro atoms. The van der Waals surface area contributed by atoms with E-state index in [0.29, 0.717) is 11.5 Å². The maximum absolute atomic E-state index is 10.9. The van der Waals surface area contributed by atoms with Crippen molar-refractivity contribution in [2.75, 3.05) is 7.11 Å². The van der Waals surface area contributed by atoms with Crippen LogP contribution in [0.4, 0.5) is 5.69 Å². The summed E-state index contributed by atoms with van der Waals surface area (Å²) in [6, 6.07) is 12.2. The van der Waals surface area contributed by atoms with Crippen LogP contribution in [-0.2, 0) is 0 Å². The van der Waals surface area contributed by atoms with Crippen molar-refractivity contribution < 1.29 is 14.4 Å². The van der Waals surface area contributed by atoms with Crippen LogP contribution in [0.2, 0.25) is 0 Å². The van der Waals surface area contributed by atoms with Crippen molar-refractivity contribution in [1.82, 2.24) is 0 Å². The molecular weight excluding hydrogens is 294 g/mol. The number of hydrogen-bond donors (Lipinski definition) is 0. The molecule has 2 aromatic carbocycles. The van der Waals surface area contributed by atoms with E-state index in [1.807, 2.05) is 24.3 Å². The first-order chi connectivity index (χ1) is 11.2. The summed E-state index contributed by atoms with van der Waals surface area (Å²) in [5.74, 6) is 1.38. The molecule has 0 saturated heterocycles. The van der Waals surface area contributed by atoms with Gasteiger partial charge in [0, 0.05) is 12.1 Å². The van der Waals surface area contributed by atoms with Gasteiger partial charge in [-0.2, -0.15) is 0 Å². The van der Waals surface area contributed by atoms with Gasteiger partial charge in [-0.3, -0.25) is 10.1 Å². The Hall–Kier alpha value is -2.56. The molecule has 0 atom stereocenters. The Morgan fingerprint density at radius 1 is 1.04 bits per heavy atom. The van der Waals surface area contributed by atoms with E-state index in [1.54, 1.807) is 19.2 Å². The largest absolute Gasteiger partial charge is 0.493 e. The first kappa shape index (κ1) is 15.3. The quantitative estimate of drug-likeness (QED) is 0.598. The topological polar surface area (TPSA) is 61.6 Å². The van der Waals surface area contributed by atoms with Crippen LogP contribution < -0.4 is 9.47 Å². The van der Waals surface area contributed by atoms with Gasteiger partial charge in [0.25, 0.3) is 5.69 Å². The number of benzene rings is 2. The Morgan fingerprint density at radius 3 is 2.48 bits per heavy atom. The molecule has 0 radical (unpaired) electrons. The Balaban J connectivity index is 1.93. The van der Waals surface area contributed by atoms with Crippen molar-refractivity contribution >= 4 is 5.69 Å². The first-order valence-electron chi connectivity index (χ1n) is 7.77. The van der Waals surface area contributed by atoms with E-state index in [0.717, 1.165) is 24.0 Å². The second-order valence-electron chi connectivity index (χ2n) is 5.70. The lowest BCUT2D eigenvalue weighted by molar-refractivity contribution is -0.384. The maximum Gasteiger partial charge on any atom is 0.270 e. The number of nitro benzene ring substituents is 1. The van der Waals surface area contributed by atoms with E-state index in [4.69, 9.17) is 9.47 Å². The molecule has 1 aliphatic rings. The number of nitrogens with zero attached hydrogens (tertiary/aromatic N) is 1. The SMILES string of the molecule is COc1ccc(-c2cccc([N+](=O)[O-])c2)cc1OC1CCCC1. The number of rotatable bonds is 5. The molecule has 0 N–H and O–H groups in total. The molecule has 2 aromatic rings. The van der Waals surface area contributed by atoms with E-state index in [-0.39, 0.29) is 16.7 Å². The van der Waals surface area contributed by atoms with Crippen molar-refractivity contribution in [1.29, 1.82) is 0 Å². The molecule has 1 aliphatic carbocycles. The summed E-state index contributed by atoms with van der Waals surface area (Å²) in [6.45, 7) is 0. The molecule has 0 bridgehead atoms. The standard InChI is InChI=1S/C18H19NO4/c1-22-17-10-9-14(12-18(17)23-16-7-2-3-8-16)13-5-4-6-15(11-13)19(20)21/h4-6,9-12,16H,2-3,7-8H2,1H3. The van der Waals surface area contributed by atoms with Crippen molar-refractivity contribution in [3.8, 4) is 22.6 Å². The van der Waals surface area contributed by atoms with E-state index >= 15 is 0 Å². The number of nitro groups is 1. The van der Waals surface area contributed by atoms with Gasteiger partial charge in [0.2, 0.25) is 0 Å². The van der Waals surface area contributed by atoms with Crippen LogP contribution in [0.5, 0.6) is 11.5 Å². The molecule has 1 fully saturated rings. The molecule has 1 saturated carbocycles. The van der Waals surface area contributed by atoms with Gasteiger partial charge in [0.05, 0.1) is 18.1 Å². The molecule has 120 valence electrons. The van der Waals surface area contributed by atoms with Crippen LogP contribution in [0, 0.1) is 10.1 Å². The molecule has 0 aromatic heterocycles. The van der Waals surface area contributed by atoms with Crippen molar-refractivity contribution in [3.05, 3.63) is 52.6 Å². The molecule has 0 heterocycles. The van der Waals surface area contributed by atoms with Crippen molar-refractivity contribution in [3.63, 3.8) is 0 Å². The average molecular weight is 313 g/mol.